The molecule has 118 valence electrons. The van der Waals surface area contributed by atoms with Gasteiger partial charge in [0.25, 0.3) is 5.91 Å². The maximum absolute atomic E-state index is 12.6. The van der Waals surface area contributed by atoms with E-state index >= 15 is 0 Å². The van der Waals surface area contributed by atoms with E-state index in [1.807, 2.05) is 23.1 Å². The van der Waals surface area contributed by atoms with Crippen molar-refractivity contribution in [3.63, 3.8) is 0 Å². The van der Waals surface area contributed by atoms with E-state index in [4.69, 9.17) is 9.47 Å². The fourth-order valence-corrected chi connectivity index (χ4v) is 3.08. The molecule has 2 aliphatic rings. The van der Waals surface area contributed by atoms with E-state index in [0.717, 1.165) is 23.4 Å². The molecule has 2 aromatic rings. The number of benzene rings is 1. The van der Waals surface area contributed by atoms with Crippen molar-refractivity contribution in [1.82, 2.24) is 9.88 Å². The van der Waals surface area contributed by atoms with E-state index in [1.54, 1.807) is 12.3 Å². The number of rotatable bonds is 2. The van der Waals surface area contributed by atoms with Gasteiger partial charge < -0.3 is 14.4 Å². The van der Waals surface area contributed by atoms with Gasteiger partial charge >= 0.3 is 0 Å². The third-order valence-electron chi connectivity index (χ3n) is 4.30. The predicted octanol–water partition coefficient (Wildman–Crippen LogP) is 2.16. The second-order valence-corrected chi connectivity index (χ2v) is 5.73. The summed E-state index contributed by atoms with van der Waals surface area (Å²) < 4.78 is 11.1. The number of hydrogen-bond acceptors (Lipinski definition) is 4. The number of pyridine rings is 1. The minimum atomic E-state index is 0.0328. The number of carbonyl (C=O) groups excluding carboxylic acids is 1. The van der Waals surface area contributed by atoms with Gasteiger partial charge in [-0.25, -0.2) is 0 Å². The third kappa shape index (κ3) is 2.68. The van der Waals surface area contributed by atoms with Crippen LogP contribution in [-0.4, -0.2) is 48.7 Å². The zero-order valence-electron chi connectivity index (χ0n) is 12.8. The molecular formula is C18H18N2O3. The quantitative estimate of drug-likeness (QED) is 0.853. The van der Waals surface area contributed by atoms with Crippen LogP contribution in [0.5, 0.6) is 5.75 Å². The zero-order chi connectivity index (χ0) is 15.6. The van der Waals surface area contributed by atoms with Gasteiger partial charge in [-0.15, -0.1) is 0 Å². The Labute approximate surface area is 134 Å². The van der Waals surface area contributed by atoms with E-state index in [9.17, 15) is 4.79 Å². The Bertz CT molecular complexity index is 739. The summed E-state index contributed by atoms with van der Waals surface area (Å²) >= 11 is 0. The van der Waals surface area contributed by atoms with Gasteiger partial charge in [0.15, 0.2) is 0 Å². The van der Waals surface area contributed by atoms with Crippen molar-refractivity contribution in [2.75, 3.05) is 32.9 Å². The molecule has 5 nitrogen and oxygen atoms in total. The second-order valence-electron chi connectivity index (χ2n) is 5.73. The van der Waals surface area contributed by atoms with Gasteiger partial charge in [-0.2, -0.15) is 0 Å². The van der Waals surface area contributed by atoms with Crippen LogP contribution in [-0.2, 0) is 11.2 Å². The molecule has 0 bridgehead atoms. The number of ether oxygens (including phenoxy) is 2. The van der Waals surface area contributed by atoms with Crippen LogP contribution in [0.1, 0.15) is 15.9 Å². The van der Waals surface area contributed by atoms with Crippen LogP contribution in [0.4, 0.5) is 0 Å². The minimum Gasteiger partial charge on any atom is -0.492 e. The summed E-state index contributed by atoms with van der Waals surface area (Å²) in [6.45, 7) is 3.19. The highest BCUT2D eigenvalue weighted by Crippen LogP contribution is 2.36. The fourth-order valence-electron chi connectivity index (χ4n) is 3.08. The van der Waals surface area contributed by atoms with Gasteiger partial charge in [-0.05, 0) is 23.8 Å². The first-order chi connectivity index (χ1) is 11.3. The number of morpholine rings is 1. The van der Waals surface area contributed by atoms with Crippen molar-refractivity contribution in [3.05, 3.63) is 47.7 Å². The van der Waals surface area contributed by atoms with E-state index in [2.05, 4.69) is 11.1 Å². The first-order valence-electron chi connectivity index (χ1n) is 7.91. The number of amides is 1. The van der Waals surface area contributed by atoms with Crippen LogP contribution < -0.4 is 4.74 Å². The van der Waals surface area contributed by atoms with E-state index in [0.29, 0.717) is 38.5 Å². The first-order valence-corrected chi connectivity index (χ1v) is 7.91. The number of hydrogen-bond donors (Lipinski definition) is 0. The van der Waals surface area contributed by atoms with E-state index in [-0.39, 0.29) is 5.91 Å². The summed E-state index contributed by atoms with van der Waals surface area (Å²) in [6.07, 6.45) is 2.62. The molecule has 5 heteroatoms. The minimum absolute atomic E-state index is 0.0328. The van der Waals surface area contributed by atoms with Crippen molar-refractivity contribution in [3.8, 4) is 17.0 Å². The van der Waals surface area contributed by atoms with Crippen LogP contribution >= 0.6 is 0 Å². The first kappa shape index (κ1) is 14.2. The topological polar surface area (TPSA) is 51.7 Å². The van der Waals surface area contributed by atoms with Crippen molar-refractivity contribution in [1.29, 1.82) is 0 Å². The lowest BCUT2D eigenvalue weighted by Crippen LogP contribution is -2.40. The maximum Gasteiger partial charge on any atom is 0.254 e. The highest BCUT2D eigenvalue weighted by Gasteiger charge is 2.21. The van der Waals surface area contributed by atoms with Crippen LogP contribution in [0.2, 0.25) is 0 Å². The molecule has 0 saturated carbocycles. The van der Waals surface area contributed by atoms with Crippen molar-refractivity contribution in [2.24, 2.45) is 0 Å². The number of para-hydroxylation sites is 1. The Morgan fingerprint density at radius 1 is 1.13 bits per heavy atom. The standard InChI is InChI=1S/C18H18N2O3/c21-18(20-7-10-22-11-8-20)14-4-6-19-16(12-14)15-3-1-2-13-5-9-23-17(13)15/h1-4,6,12H,5,7-11H2. The van der Waals surface area contributed by atoms with Crippen molar-refractivity contribution < 1.29 is 14.3 Å². The number of fused-ring (bicyclic) bond motifs is 1. The zero-order valence-corrected chi connectivity index (χ0v) is 12.8. The van der Waals surface area contributed by atoms with Crippen molar-refractivity contribution in [2.45, 2.75) is 6.42 Å². The largest absolute Gasteiger partial charge is 0.492 e. The number of carbonyl (C=O) groups is 1. The summed E-state index contributed by atoms with van der Waals surface area (Å²) in [5.41, 5.74) is 3.60. The molecule has 0 unspecified atom stereocenters. The van der Waals surface area contributed by atoms with Crippen LogP contribution in [0.25, 0.3) is 11.3 Å². The molecule has 3 heterocycles. The smallest absolute Gasteiger partial charge is 0.254 e. The lowest BCUT2D eigenvalue weighted by Gasteiger charge is -2.26. The van der Waals surface area contributed by atoms with Gasteiger partial charge in [-0.3, -0.25) is 9.78 Å². The van der Waals surface area contributed by atoms with Crippen LogP contribution in [0.3, 0.4) is 0 Å². The molecule has 0 N–H and O–H groups in total. The average molecular weight is 310 g/mol. The molecule has 2 aliphatic heterocycles. The van der Waals surface area contributed by atoms with E-state index < -0.39 is 0 Å². The van der Waals surface area contributed by atoms with Crippen molar-refractivity contribution >= 4 is 5.91 Å². The molecule has 1 aromatic heterocycles. The fraction of sp³-hybridized carbons (Fsp3) is 0.333. The normalized spacial score (nSPS) is 16.8. The Morgan fingerprint density at radius 2 is 2.00 bits per heavy atom. The van der Waals surface area contributed by atoms with Crippen LogP contribution in [0, 0.1) is 0 Å². The highest BCUT2D eigenvalue weighted by atomic mass is 16.5. The van der Waals surface area contributed by atoms with Gasteiger partial charge in [0.2, 0.25) is 0 Å². The SMILES string of the molecule is O=C(c1ccnc(-c2cccc3c2OCC3)c1)N1CCOCC1. The van der Waals surface area contributed by atoms with Gasteiger partial charge in [0.05, 0.1) is 25.5 Å². The predicted molar refractivity (Wildman–Crippen MR) is 85.6 cm³/mol. The van der Waals surface area contributed by atoms with E-state index in [1.165, 1.54) is 5.56 Å². The number of aromatic nitrogens is 1. The highest BCUT2D eigenvalue weighted by molar-refractivity contribution is 5.95. The third-order valence-corrected chi connectivity index (χ3v) is 4.30. The van der Waals surface area contributed by atoms with Crippen LogP contribution in [0.15, 0.2) is 36.5 Å². The Balaban J connectivity index is 1.67. The molecular weight excluding hydrogens is 292 g/mol. The summed E-state index contributed by atoms with van der Waals surface area (Å²) in [6, 6.07) is 9.71. The van der Waals surface area contributed by atoms with Gasteiger partial charge in [0.1, 0.15) is 5.75 Å². The molecule has 23 heavy (non-hydrogen) atoms. The lowest BCUT2D eigenvalue weighted by atomic mass is 10.0. The summed E-state index contributed by atoms with van der Waals surface area (Å²) in [5, 5.41) is 0. The molecule has 1 fully saturated rings. The second kappa shape index (κ2) is 6.01. The van der Waals surface area contributed by atoms with Gasteiger partial charge in [0, 0.05) is 36.8 Å². The summed E-state index contributed by atoms with van der Waals surface area (Å²) in [7, 11) is 0. The molecule has 1 aromatic carbocycles. The Kier molecular flexibility index (Phi) is 3.71. The molecule has 0 radical (unpaired) electrons. The Morgan fingerprint density at radius 3 is 2.87 bits per heavy atom. The molecule has 0 aliphatic carbocycles. The average Bonchev–Trinajstić information content (AvgIpc) is 3.10. The Hall–Kier alpha value is -2.40. The number of nitrogens with zero attached hydrogens (tertiary/aromatic N) is 2. The molecule has 0 atom stereocenters. The molecule has 0 spiro atoms. The molecule has 1 saturated heterocycles. The van der Waals surface area contributed by atoms with Gasteiger partial charge in [-0.1, -0.05) is 12.1 Å². The maximum atomic E-state index is 12.6. The lowest BCUT2D eigenvalue weighted by molar-refractivity contribution is 0.0303. The molecule has 1 amide bonds. The molecule has 4 rings (SSSR count). The monoisotopic (exact) mass is 310 g/mol. The summed E-state index contributed by atoms with van der Waals surface area (Å²) in [4.78, 5) is 18.9. The summed E-state index contributed by atoms with van der Waals surface area (Å²) in [5.74, 6) is 0.932.